The minimum absolute atomic E-state index is 0.291. The highest BCUT2D eigenvalue weighted by Gasteiger charge is 2.13. The summed E-state index contributed by atoms with van der Waals surface area (Å²) in [4.78, 5) is 4.39. The molecule has 0 bridgehead atoms. The Morgan fingerprint density at radius 2 is 2.33 bits per heavy atom. The Bertz CT molecular complexity index is 516. The van der Waals surface area contributed by atoms with Gasteiger partial charge in [-0.05, 0) is 30.7 Å². The highest BCUT2D eigenvalue weighted by atomic mass is 32.2. The molecule has 0 radical (unpaired) electrons. The summed E-state index contributed by atoms with van der Waals surface area (Å²) in [5.74, 6) is 2.56. The fourth-order valence-electron chi connectivity index (χ4n) is 1.69. The smallest absolute Gasteiger partial charge is 0.231 e. The normalized spacial score (nSPS) is 21.4. The molecular weight excluding hydrogens is 250 g/mol. The Hall–Kier alpha value is -1.69. The number of hydrogen-bond acceptors (Lipinski definition) is 6. The van der Waals surface area contributed by atoms with E-state index in [1.807, 2.05) is 18.2 Å². The van der Waals surface area contributed by atoms with Crippen molar-refractivity contribution < 1.29 is 9.47 Å². The Morgan fingerprint density at radius 1 is 1.44 bits per heavy atom. The third kappa shape index (κ3) is 2.43. The van der Waals surface area contributed by atoms with Gasteiger partial charge in [-0.3, -0.25) is 10.4 Å². The number of thioether (sulfide) groups is 1. The number of fused-ring (bicyclic) bond motifs is 1. The molecule has 18 heavy (non-hydrogen) atoms. The van der Waals surface area contributed by atoms with Crippen molar-refractivity contribution in [3.63, 3.8) is 0 Å². The molecule has 0 amide bonds. The lowest BCUT2D eigenvalue weighted by molar-refractivity contribution is 0.174. The van der Waals surface area contributed by atoms with Gasteiger partial charge in [0.15, 0.2) is 16.7 Å². The summed E-state index contributed by atoms with van der Waals surface area (Å²) in [6.45, 7) is 2.38. The number of aliphatic imine (C=N–C) groups is 1. The number of amidine groups is 1. The Morgan fingerprint density at radius 3 is 3.17 bits per heavy atom. The van der Waals surface area contributed by atoms with E-state index in [0.717, 1.165) is 28.0 Å². The molecule has 0 unspecified atom stereocenters. The molecule has 0 spiro atoms. The van der Waals surface area contributed by atoms with E-state index in [4.69, 9.17) is 9.47 Å². The van der Waals surface area contributed by atoms with Crippen LogP contribution in [0.3, 0.4) is 0 Å². The maximum atomic E-state index is 5.30. The molecule has 0 saturated heterocycles. The first-order chi connectivity index (χ1) is 8.81. The van der Waals surface area contributed by atoms with Gasteiger partial charge in [0, 0.05) is 5.75 Å². The van der Waals surface area contributed by atoms with Crippen molar-refractivity contribution in [2.45, 2.75) is 13.0 Å². The van der Waals surface area contributed by atoms with Crippen LogP contribution in [0.5, 0.6) is 11.5 Å². The number of ether oxygens (including phenoxy) is 2. The molecule has 2 heterocycles. The van der Waals surface area contributed by atoms with Crippen molar-refractivity contribution >= 4 is 23.1 Å². The number of hydrogen-bond donors (Lipinski definition) is 1. The first-order valence-electron chi connectivity index (χ1n) is 5.70. The molecule has 2 aliphatic heterocycles. The molecule has 0 aliphatic carbocycles. The highest BCUT2D eigenvalue weighted by molar-refractivity contribution is 8.14. The fraction of sp³-hybridized carbons (Fsp3) is 0.333. The van der Waals surface area contributed by atoms with E-state index < -0.39 is 0 Å². The van der Waals surface area contributed by atoms with E-state index in [-0.39, 0.29) is 0 Å². The fourth-order valence-corrected chi connectivity index (χ4v) is 2.54. The van der Waals surface area contributed by atoms with E-state index >= 15 is 0 Å². The molecule has 1 N–H and O–H groups in total. The van der Waals surface area contributed by atoms with E-state index in [1.165, 1.54) is 0 Å². The predicted molar refractivity (Wildman–Crippen MR) is 72.6 cm³/mol. The molecule has 6 heteroatoms. The van der Waals surface area contributed by atoms with Crippen molar-refractivity contribution in [1.82, 2.24) is 5.43 Å². The topological polar surface area (TPSA) is 55.2 Å². The van der Waals surface area contributed by atoms with Crippen LogP contribution >= 0.6 is 11.8 Å². The Balaban J connectivity index is 1.64. The molecule has 5 nitrogen and oxygen atoms in total. The van der Waals surface area contributed by atoms with E-state index in [2.05, 4.69) is 22.4 Å². The summed E-state index contributed by atoms with van der Waals surface area (Å²) in [7, 11) is 0. The number of hydrazone groups is 1. The quantitative estimate of drug-likeness (QED) is 0.653. The van der Waals surface area contributed by atoms with Crippen molar-refractivity contribution in [1.29, 1.82) is 0 Å². The standard InChI is InChI=1S/C12H13N3O2S/c1-8-6-18-12(14-8)15-13-5-9-2-3-10-11(4-9)17-7-16-10/h2-5,8H,6-7H2,1H3,(H,14,15)/b13-5+/t8-/m0/s1. The number of benzene rings is 1. The molecule has 3 rings (SSSR count). The monoisotopic (exact) mass is 263 g/mol. The van der Waals surface area contributed by atoms with Crippen molar-refractivity contribution in [2.75, 3.05) is 12.5 Å². The van der Waals surface area contributed by atoms with Crippen LogP contribution in [0.2, 0.25) is 0 Å². The molecule has 0 aromatic heterocycles. The van der Waals surface area contributed by atoms with Gasteiger partial charge < -0.3 is 9.47 Å². The molecular formula is C12H13N3O2S. The van der Waals surface area contributed by atoms with Crippen LogP contribution in [-0.2, 0) is 0 Å². The molecule has 1 aromatic carbocycles. The van der Waals surface area contributed by atoms with Gasteiger partial charge in [0.2, 0.25) is 6.79 Å². The van der Waals surface area contributed by atoms with Crippen LogP contribution in [0.25, 0.3) is 0 Å². The second kappa shape index (κ2) is 4.89. The predicted octanol–water partition coefficient (Wildman–Crippen LogP) is 1.83. The van der Waals surface area contributed by atoms with Gasteiger partial charge in [0.1, 0.15) is 0 Å². The first-order valence-corrected chi connectivity index (χ1v) is 6.69. The summed E-state index contributed by atoms with van der Waals surface area (Å²) in [6, 6.07) is 6.09. The zero-order valence-electron chi connectivity index (χ0n) is 9.92. The second-order valence-electron chi connectivity index (χ2n) is 4.08. The average Bonchev–Trinajstić information content (AvgIpc) is 2.97. The molecule has 0 saturated carbocycles. The van der Waals surface area contributed by atoms with Crippen LogP contribution in [0.15, 0.2) is 28.3 Å². The number of nitrogens with zero attached hydrogens (tertiary/aromatic N) is 2. The molecule has 0 fully saturated rings. The maximum Gasteiger partial charge on any atom is 0.231 e. The summed E-state index contributed by atoms with van der Waals surface area (Å²) in [5, 5.41) is 5.04. The lowest BCUT2D eigenvalue weighted by atomic mass is 10.2. The third-order valence-corrected chi connectivity index (χ3v) is 3.69. The third-order valence-electron chi connectivity index (χ3n) is 2.57. The van der Waals surface area contributed by atoms with Gasteiger partial charge in [-0.15, -0.1) is 0 Å². The summed E-state index contributed by atoms with van der Waals surface area (Å²) >= 11 is 1.69. The lowest BCUT2D eigenvalue weighted by Crippen LogP contribution is -2.11. The van der Waals surface area contributed by atoms with E-state index in [1.54, 1.807) is 18.0 Å². The molecule has 1 atom stereocenters. The Kier molecular flexibility index (Phi) is 3.10. The van der Waals surface area contributed by atoms with Gasteiger partial charge >= 0.3 is 0 Å². The number of rotatable bonds is 2. The van der Waals surface area contributed by atoms with Gasteiger partial charge in [-0.25, -0.2) is 0 Å². The van der Waals surface area contributed by atoms with Crippen LogP contribution in [0.4, 0.5) is 0 Å². The zero-order valence-corrected chi connectivity index (χ0v) is 10.7. The molecule has 94 valence electrons. The summed E-state index contributed by atoms with van der Waals surface area (Å²) in [6.07, 6.45) is 1.74. The van der Waals surface area contributed by atoms with E-state index in [9.17, 15) is 0 Å². The first kappa shape index (κ1) is 11.4. The summed E-state index contributed by atoms with van der Waals surface area (Å²) in [5.41, 5.74) is 3.90. The highest BCUT2D eigenvalue weighted by Crippen LogP contribution is 2.31. The maximum absolute atomic E-state index is 5.30. The second-order valence-corrected chi connectivity index (χ2v) is 5.09. The van der Waals surface area contributed by atoms with E-state index in [0.29, 0.717) is 12.8 Å². The largest absolute Gasteiger partial charge is 0.454 e. The van der Waals surface area contributed by atoms with Crippen LogP contribution in [-0.4, -0.2) is 30.0 Å². The average molecular weight is 263 g/mol. The van der Waals surface area contributed by atoms with Gasteiger partial charge in [0.25, 0.3) is 0 Å². The van der Waals surface area contributed by atoms with Crippen LogP contribution in [0, 0.1) is 0 Å². The van der Waals surface area contributed by atoms with Crippen LogP contribution in [0.1, 0.15) is 12.5 Å². The SMILES string of the molecule is C[C@H]1CSC(N/N=C/c2ccc3c(c2)OCO3)=N1. The van der Waals surface area contributed by atoms with Crippen molar-refractivity contribution in [3.05, 3.63) is 23.8 Å². The molecule has 1 aromatic rings. The Labute approximate surface area is 109 Å². The van der Waals surface area contributed by atoms with Crippen molar-refractivity contribution in [2.24, 2.45) is 10.1 Å². The van der Waals surface area contributed by atoms with Gasteiger partial charge in [-0.1, -0.05) is 11.8 Å². The minimum Gasteiger partial charge on any atom is -0.454 e. The van der Waals surface area contributed by atoms with Crippen molar-refractivity contribution in [3.8, 4) is 11.5 Å². The summed E-state index contributed by atoms with van der Waals surface area (Å²) < 4.78 is 10.5. The van der Waals surface area contributed by atoms with Crippen LogP contribution < -0.4 is 14.9 Å². The zero-order chi connectivity index (χ0) is 12.4. The molecule has 2 aliphatic rings. The lowest BCUT2D eigenvalue weighted by Gasteiger charge is -1.98. The minimum atomic E-state index is 0.291. The number of nitrogens with one attached hydrogen (secondary N) is 1. The van der Waals surface area contributed by atoms with Gasteiger partial charge in [0.05, 0.1) is 12.3 Å². The van der Waals surface area contributed by atoms with Gasteiger partial charge in [-0.2, -0.15) is 5.10 Å².